The molecule has 2 aromatic heterocycles. The van der Waals surface area contributed by atoms with Gasteiger partial charge in [0.05, 0.1) is 17.9 Å². The maximum Gasteiger partial charge on any atom is 0.258 e. The molecule has 2 aliphatic rings. The van der Waals surface area contributed by atoms with Gasteiger partial charge in [-0.2, -0.15) is 0 Å². The minimum atomic E-state index is 0.104. The first kappa shape index (κ1) is 17.7. The number of carbonyl (C=O) groups excluding carboxylic acids is 1. The van der Waals surface area contributed by atoms with E-state index in [0.717, 1.165) is 41.3 Å². The van der Waals surface area contributed by atoms with Crippen LogP contribution in [0.2, 0.25) is 0 Å². The number of carbonyl (C=O) groups is 1. The van der Waals surface area contributed by atoms with Gasteiger partial charge in [0, 0.05) is 36.9 Å². The minimum Gasteiger partial charge on any atom is -0.349 e. The summed E-state index contributed by atoms with van der Waals surface area (Å²) >= 11 is 1.71. The van der Waals surface area contributed by atoms with Crippen molar-refractivity contribution in [1.82, 2.24) is 19.6 Å². The molecule has 1 amide bonds. The second-order valence-electron chi connectivity index (χ2n) is 7.26. The third-order valence-electron chi connectivity index (χ3n) is 5.84. The summed E-state index contributed by atoms with van der Waals surface area (Å²) < 4.78 is 3.41. The lowest BCUT2D eigenvalue weighted by atomic mass is 9.85. The molecular formula is C19H27N5OS. The number of rotatable bonds is 5. The molecule has 2 N–H and O–H groups in total. The molecule has 0 unspecified atom stereocenters. The molecular weight excluding hydrogens is 346 g/mol. The third-order valence-corrected chi connectivity index (χ3v) is 6.30. The maximum atomic E-state index is 12.9. The molecule has 0 spiro atoms. The predicted octanol–water partition coefficient (Wildman–Crippen LogP) is 3.23. The van der Waals surface area contributed by atoms with Gasteiger partial charge in [0.2, 0.25) is 0 Å². The Morgan fingerprint density at radius 3 is 2.88 bits per heavy atom. The number of H-pyrrole nitrogens is 1. The highest BCUT2D eigenvalue weighted by Crippen LogP contribution is 2.38. The molecule has 4 rings (SSSR count). The first-order valence-electron chi connectivity index (χ1n) is 9.50. The zero-order chi connectivity index (χ0) is 18.1. The van der Waals surface area contributed by atoms with Crippen LogP contribution >= 0.6 is 11.9 Å². The number of amides is 1. The lowest BCUT2D eigenvalue weighted by molar-refractivity contribution is 0.0741. The summed E-state index contributed by atoms with van der Waals surface area (Å²) in [7, 11) is 0. The van der Waals surface area contributed by atoms with Crippen LogP contribution in [0.15, 0.2) is 18.5 Å². The van der Waals surface area contributed by atoms with E-state index in [-0.39, 0.29) is 5.91 Å². The number of nitrogens with one attached hydrogen (secondary N) is 2. The molecule has 0 atom stereocenters. The largest absolute Gasteiger partial charge is 0.349 e. The number of pyridine rings is 1. The zero-order valence-corrected chi connectivity index (χ0v) is 16.3. The highest BCUT2D eigenvalue weighted by molar-refractivity contribution is 7.96. The van der Waals surface area contributed by atoms with Crippen LogP contribution in [0.1, 0.15) is 43.0 Å². The van der Waals surface area contributed by atoms with Crippen LogP contribution in [0.25, 0.3) is 11.0 Å². The summed E-state index contributed by atoms with van der Waals surface area (Å²) in [6.07, 6.45) is 10.6. The summed E-state index contributed by atoms with van der Waals surface area (Å²) in [4.78, 5) is 24.9. The average Bonchev–Trinajstić information content (AvgIpc) is 3.16. The predicted molar refractivity (Wildman–Crippen MR) is 107 cm³/mol. The van der Waals surface area contributed by atoms with Crippen molar-refractivity contribution in [1.29, 1.82) is 0 Å². The Kier molecular flexibility index (Phi) is 5.09. The minimum absolute atomic E-state index is 0.104. The van der Waals surface area contributed by atoms with Crippen LogP contribution in [0.4, 0.5) is 5.69 Å². The molecule has 3 heterocycles. The molecule has 1 aliphatic carbocycles. The van der Waals surface area contributed by atoms with Crippen LogP contribution < -0.4 is 9.62 Å². The van der Waals surface area contributed by atoms with Crippen molar-refractivity contribution in [2.45, 2.75) is 38.6 Å². The van der Waals surface area contributed by atoms with Crippen molar-refractivity contribution in [2.75, 3.05) is 30.9 Å². The third kappa shape index (κ3) is 3.07. The van der Waals surface area contributed by atoms with E-state index < -0.39 is 0 Å². The number of nitrogens with zero attached hydrogens (tertiary/aromatic N) is 3. The standard InChI is InChI=1S/C19H27N5OS/c1-3-23-12-24(14-6-4-13(5-7-14)10-22-26-2)17-15-8-9-20-18(15)21-11-16(17)19(23)25/h8-9,11,13-14,22H,3-7,10,12H2,1-2H3,(H,20,21). The molecule has 140 valence electrons. The first-order chi connectivity index (χ1) is 12.7. The van der Waals surface area contributed by atoms with Crippen LogP contribution in [-0.4, -0.2) is 52.8 Å². The van der Waals surface area contributed by atoms with E-state index >= 15 is 0 Å². The lowest BCUT2D eigenvalue weighted by Crippen LogP contribution is -2.51. The Morgan fingerprint density at radius 2 is 2.15 bits per heavy atom. The van der Waals surface area contributed by atoms with E-state index in [4.69, 9.17) is 0 Å². The van der Waals surface area contributed by atoms with E-state index in [2.05, 4.69) is 31.9 Å². The molecule has 26 heavy (non-hydrogen) atoms. The Balaban J connectivity index is 1.63. The average molecular weight is 374 g/mol. The highest BCUT2D eigenvalue weighted by atomic mass is 32.2. The van der Waals surface area contributed by atoms with Gasteiger partial charge >= 0.3 is 0 Å². The summed E-state index contributed by atoms with van der Waals surface area (Å²) in [5, 5.41) is 1.07. The van der Waals surface area contributed by atoms with Crippen LogP contribution in [0.3, 0.4) is 0 Å². The van der Waals surface area contributed by atoms with Crippen molar-refractivity contribution in [3.8, 4) is 0 Å². The van der Waals surface area contributed by atoms with Crippen molar-refractivity contribution < 1.29 is 4.79 Å². The summed E-state index contributed by atoms with van der Waals surface area (Å²) in [5.74, 6) is 0.865. The number of hydrogen-bond acceptors (Lipinski definition) is 5. The number of aromatic amines is 1. The van der Waals surface area contributed by atoms with Gasteiger partial charge in [-0.3, -0.25) is 9.52 Å². The maximum absolute atomic E-state index is 12.9. The topological polar surface area (TPSA) is 64.3 Å². The molecule has 0 saturated heterocycles. The van der Waals surface area contributed by atoms with E-state index in [0.29, 0.717) is 12.7 Å². The molecule has 6 nitrogen and oxygen atoms in total. The Labute approximate surface area is 158 Å². The molecule has 0 radical (unpaired) electrons. The van der Waals surface area contributed by atoms with Gasteiger partial charge in [0.1, 0.15) is 5.65 Å². The van der Waals surface area contributed by atoms with Gasteiger partial charge in [0.25, 0.3) is 5.91 Å². The van der Waals surface area contributed by atoms with Gasteiger partial charge in [-0.15, -0.1) is 0 Å². The van der Waals surface area contributed by atoms with Gasteiger partial charge in [-0.1, -0.05) is 11.9 Å². The van der Waals surface area contributed by atoms with Crippen molar-refractivity contribution in [3.05, 3.63) is 24.0 Å². The molecule has 7 heteroatoms. The van der Waals surface area contributed by atoms with Crippen LogP contribution in [0, 0.1) is 5.92 Å². The van der Waals surface area contributed by atoms with Gasteiger partial charge in [-0.05, 0) is 50.8 Å². The second-order valence-corrected chi connectivity index (χ2v) is 7.96. The smallest absolute Gasteiger partial charge is 0.258 e. The van der Waals surface area contributed by atoms with Gasteiger partial charge in [0.15, 0.2) is 0 Å². The van der Waals surface area contributed by atoms with E-state index in [1.807, 2.05) is 18.0 Å². The van der Waals surface area contributed by atoms with Gasteiger partial charge < -0.3 is 14.8 Å². The first-order valence-corrected chi connectivity index (χ1v) is 10.7. The summed E-state index contributed by atoms with van der Waals surface area (Å²) in [6.45, 7) is 4.56. The SMILES string of the molecule is CCN1CN(C2CCC(CNSC)CC2)c2c(cnc3[nH]ccc23)C1=O. The van der Waals surface area contributed by atoms with Crippen LogP contribution in [0.5, 0.6) is 0 Å². The van der Waals surface area contributed by atoms with Crippen molar-refractivity contribution in [2.24, 2.45) is 5.92 Å². The van der Waals surface area contributed by atoms with Crippen molar-refractivity contribution in [3.63, 3.8) is 0 Å². The molecule has 0 aromatic carbocycles. The number of aromatic nitrogens is 2. The molecule has 0 bridgehead atoms. The second kappa shape index (κ2) is 7.48. The Bertz CT molecular complexity index is 783. The number of anilines is 1. The van der Waals surface area contributed by atoms with E-state index in [9.17, 15) is 4.79 Å². The normalized spacial score (nSPS) is 23.5. The van der Waals surface area contributed by atoms with Crippen LogP contribution in [-0.2, 0) is 0 Å². The highest BCUT2D eigenvalue weighted by Gasteiger charge is 2.35. The number of fused-ring (bicyclic) bond motifs is 3. The van der Waals surface area contributed by atoms with E-state index in [1.165, 1.54) is 25.7 Å². The molecule has 2 aromatic rings. The molecule has 1 saturated carbocycles. The number of hydrogen-bond donors (Lipinski definition) is 2. The lowest BCUT2D eigenvalue weighted by Gasteiger charge is -2.44. The Hall–Kier alpha value is -1.73. The fourth-order valence-electron chi connectivity index (χ4n) is 4.35. The quantitative estimate of drug-likeness (QED) is 0.788. The fourth-order valence-corrected chi connectivity index (χ4v) is 4.75. The molecule has 1 fully saturated rings. The molecule has 1 aliphatic heterocycles. The summed E-state index contributed by atoms with van der Waals surface area (Å²) in [6, 6.07) is 2.54. The van der Waals surface area contributed by atoms with E-state index in [1.54, 1.807) is 18.1 Å². The monoisotopic (exact) mass is 373 g/mol. The zero-order valence-electron chi connectivity index (χ0n) is 15.5. The summed E-state index contributed by atoms with van der Waals surface area (Å²) in [5.41, 5.74) is 2.69. The van der Waals surface area contributed by atoms with Gasteiger partial charge in [-0.25, -0.2) is 4.98 Å². The van der Waals surface area contributed by atoms with Crippen molar-refractivity contribution >= 4 is 34.6 Å². The fraction of sp³-hybridized carbons (Fsp3) is 0.579. The Morgan fingerprint density at radius 1 is 1.35 bits per heavy atom.